The van der Waals surface area contributed by atoms with Crippen LogP contribution in [0.1, 0.15) is 20.8 Å². The van der Waals surface area contributed by atoms with Crippen molar-refractivity contribution < 1.29 is 9.90 Å². The van der Waals surface area contributed by atoms with Crippen LogP contribution < -0.4 is 5.32 Å². The molecule has 1 unspecified atom stereocenters. The van der Waals surface area contributed by atoms with E-state index in [0.29, 0.717) is 0 Å². The second kappa shape index (κ2) is 3.92. The first-order valence-corrected chi connectivity index (χ1v) is 4.00. The van der Waals surface area contributed by atoms with Gasteiger partial charge in [-0.05, 0) is 20.8 Å². The Morgan fingerprint density at radius 1 is 1.67 bits per heavy atom. The average molecular weight is 192 g/mol. The number of hydrogen-bond donors (Lipinski definition) is 2. The number of carbonyl (C=O) groups is 1. The number of nitrogens with one attached hydrogen (secondary N) is 1. The monoisotopic (exact) mass is 191 g/mol. The predicted octanol–water partition coefficient (Wildman–Crippen LogP) is 1.01. The maximum atomic E-state index is 11.0. The van der Waals surface area contributed by atoms with Gasteiger partial charge in [0, 0.05) is 0 Å². The molecule has 1 amide bonds. The largest absolute Gasteiger partial charge is 0.391 e. The van der Waals surface area contributed by atoms with Gasteiger partial charge >= 0.3 is 0 Å². The minimum atomic E-state index is -0.686. The van der Waals surface area contributed by atoms with Gasteiger partial charge in [0.05, 0.1) is 16.7 Å². The molecule has 0 saturated carbocycles. The van der Waals surface area contributed by atoms with Gasteiger partial charge in [0.15, 0.2) is 0 Å². The Morgan fingerprint density at radius 2 is 2.08 bits per heavy atom. The summed E-state index contributed by atoms with van der Waals surface area (Å²) < 4.78 is 0. The van der Waals surface area contributed by atoms with Crippen molar-refractivity contribution in [3.05, 3.63) is 11.6 Å². The van der Waals surface area contributed by atoms with Gasteiger partial charge in [-0.3, -0.25) is 4.79 Å². The molecule has 12 heavy (non-hydrogen) atoms. The minimum absolute atomic E-state index is 0.0799. The topological polar surface area (TPSA) is 49.3 Å². The van der Waals surface area contributed by atoms with Crippen molar-refractivity contribution in [2.75, 3.05) is 0 Å². The zero-order valence-electron chi connectivity index (χ0n) is 7.52. The summed E-state index contributed by atoms with van der Waals surface area (Å²) in [6.07, 6.45) is -0.641. The van der Waals surface area contributed by atoms with Crippen LogP contribution in [0.15, 0.2) is 11.6 Å². The molecule has 70 valence electrons. The molecule has 0 fully saturated rings. The molecule has 0 radical (unpaired) electrons. The first-order valence-electron chi connectivity index (χ1n) is 3.62. The number of halogens is 1. The molecule has 4 heteroatoms. The van der Waals surface area contributed by atoms with Crippen molar-refractivity contribution in [1.29, 1.82) is 0 Å². The lowest BCUT2D eigenvalue weighted by molar-refractivity contribution is -0.119. The molecule has 0 heterocycles. The zero-order chi connectivity index (χ0) is 9.94. The highest BCUT2D eigenvalue weighted by molar-refractivity contribution is 6.41. The molecule has 0 aromatic heterocycles. The maximum absolute atomic E-state index is 11.0. The quantitative estimate of drug-likeness (QED) is 0.655. The summed E-state index contributed by atoms with van der Waals surface area (Å²) in [5, 5.41) is 11.7. The van der Waals surface area contributed by atoms with Crippen molar-refractivity contribution in [2.24, 2.45) is 0 Å². The molecule has 0 saturated heterocycles. The van der Waals surface area contributed by atoms with Gasteiger partial charge < -0.3 is 10.4 Å². The Bertz CT molecular complexity index is 199. The zero-order valence-corrected chi connectivity index (χ0v) is 8.27. The van der Waals surface area contributed by atoms with E-state index in [4.69, 9.17) is 11.6 Å². The van der Waals surface area contributed by atoms with Crippen molar-refractivity contribution in [3.8, 4) is 0 Å². The number of aliphatic hydroxyl groups is 1. The van der Waals surface area contributed by atoms with Gasteiger partial charge in [0.25, 0.3) is 5.91 Å². The molecule has 3 nitrogen and oxygen atoms in total. The third-order valence-electron chi connectivity index (χ3n) is 1.73. The third kappa shape index (κ3) is 3.24. The van der Waals surface area contributed by atoms with Crippen molar-refractivity contribution in [1.82, 2.24) is 5.32 Å². The molecule has 0 aromatic rings. The fourth-order valence-electron chi connectivity index (χ4n) is 0.465. The van der Waals surface area contributed by atoms with Crippen LogP contribution in [0.2, 0.25) is 0 Å². The number of hydrogen-bond acceptors (Lipinski definition) is 2. The molecule has 2 N–H and O–H groups in total. The summed E-state index contributed by atoms with van der Waals surface area (Å²) >= 11 is 5.35. The molecular weight excluding hydrogens is 178 g/mol. The van der Waals surface area contributed by atoms with E-state index in [-0.39, 0.29) is 5.03 Å². The predicted molar refractivity (Wildman–Crippen MR) is 48.9 cm³/mol. The lowest BCUT2D eigenvalue weighted by Crippen LogP contribution is -2.50. The van der Waals surface area contributed by atoms with Crippen LogP contribution in [-0.4, -0.2) is 22.7 Å². The molecule has 0 aliphatic heterocycles. The van der Waals surface area contributed by atoms with Gasteiger partial charge in [0.1, 0.15) is 0 Å². The first-order chi connectivity index (χ1) is 5.27. The standard InChI is InChI=1S/C8H14ClNO2/c1-5(9)7(12)10-8(3,4)6(2)11/h6,11H,1H2,2-4H3,(H,10,12). The van der Waals surface area contributed by atoms with Gasteiger partial charge in [-0.15, -0.1) is 0 Å². The Labute approximate surface area is 77.4 Å². The summed E-state index contributed by atoms with van der Waals surface area (Å²) in [6.45, 7) is 8.27. The minimum Gasteiger partial charge on any atom is -0.391 e. The van der Waals surface area contributed by atoms with Crippen LogP contribution in [-0.2, 0) is 4.79 Å². The van der Waals surface area contributed by atoms with Gasteiger partial charge in [-0.1, -0.05) is 18.2 Å². The molecular formula is C8H14ClNO2. The first kappa shape index (κ1) is 11.5. The summed E-state index contributed by atoms with van der Waals surface area (Å²) in [7, 11) is 0. The van der Waals surface area contributed by atoms with E-state index < -0.39 is 17.6 Å². The van der Waals surface area contributed by atoms with Crippen LogP contribution in [0, 0.1) is 0 Å². The fraction of sp³-hybridized carbons (Fsp3) is 0.625. The van der Waals surface area contributed by atoms with Crippen molar-refractivity contribution >= 4 is 17.5 Å². The average Bonchev–Trinajstić information content (AvgIpc) is 1.85. The normalized spacial score (nSPS) is 13.8. The van der Waals surface area contributed by atoms with Crippen LogP contribution in [0.4, 0.5) is 0 Å². The van der Waals surface area contributed by atoms with E-state index in [2.05, 4.69) is 11.9 Å². The number of amides is 1. The SMILES string of the molecule is C=C(Cl)C(=O)NC(C)(C)C(C)O. The molecule has 0 bridgehead atoms. The van der Waals surface area contributed by atoms with E-state index in [1.54, 1.807) is 20.8 Å². The molecule has 1 atom stereocenters. The Hall–Kier alpha value is -0.540. The smallest absolute Gasteiger partial charge is 0.262 e. The third-order valence-corrected chi connectivity index (χ3v) is 1.90. The molecule has 0 aromatic carbocycles. The second-order valence-electron chi connectivity index (χ2n) is 3.26. The number of rotatable bonds is 3. The Morgan fingerprint density at radius 3 is 2.33 bits per heavy atom. The van der Waals surface area contributed by atoms with E-state index >= 15 is 0 Å². The second-order valence-corrected chi connectivity index (χ2v) is 3.71. The number of carbonyl (C=O) groups excluding carboxylic acids is 1. The highest BCUT2D eigenvalue weighted by Gasteiger charge is 2.26. The highest BCUT2D eigenvalue weighted by atomic mass is 35.5. The van der Waals surface area contributed by atoms with E-state index in [0.717, 1.165) is 0 Å². The fourth-order valence-corrected chi connectivity index (χ4v) is 0.512. The molecule has 0 aliphatic carbocycles. The van der Waals surface area contributed by atoms with Crippen LogP contribution in [0.25, 0.3) is 0 Å². The highest BCUT2D eigenvalue weighted by Crippen LogP contribution is 2.10. The van der Waals surface area contributed by atoms with E-state index in [1.165, 1.54) is 0 Å². The van der Waals surface area contributed by atoms with Gasteiger partial charge in [-0.2, -0.15) is 0 Å². The Balaban J connectivity index is 4.25. The van der Waals surface area contributed by atoms with Crippen molar-refractivity contribution in [3.63, 3.8) is 0 Å². The Kier molecular flexibility index (Phi) is 3.74. The van der Waals surface area contributed by atoms with Crippen molar-refractivity contribution in [2.45, 2.75) is 32.4 Å². The summed E-state index contributed by atoms with van der Waals surface area (Å²) in [6, 6.07) is 0. The van der Waals surface area contributed by atoms with E-state index in [1.807, 2.05) is 0 Å². The van der Waals surface area contributed by atoms with Crippen LogP contribution in [0.3, 0.4) is 0 Å². The summed E-state index contributed by atoms with van der Waals surface area (Å²) in [4.78, 5) is 11.0. The van der Waals surface area contributed by atoms with E-state index in [9.17, 15) is 9.90 Å². The molecule has 0 spiro atoms. The molecule has 0 aliphatic rings. The maximum Gasteiger partial charge on any atom is 0.262 e. The molecule has 0 rings (SSSR count). The number of aliphatic hydroxyl groups excluding tert-OH is 1. The summed E-state index contributed by atoms with van der Waals surface area (Å²) in [5.74, 6) is -0.456. The van der Waals surface area contributed by atoms with Gasteiger partial charge in [0.2, 0.25) is 0 Å². The lowest BCUT2D eigenvalue weighted by atomic mass is 9.99. The van der Waals surface area contributed by atoms with Gasteiger partial charge in [-0.25, -0.2) is 0 Å². The van der Waals surface area contributed by atoms with Crippen LogP contribution >= 0.6 is 11.6 Å². The summed E-state index contributed by atoms with van der Waals surface area (Å²) in [5.41, 5.74) is -0.686. The van der Waals surface area contributed by atoms with Crippen LogP contribution in [0.5, 0.6) is 0 Å². The lowest BCUT2D eigenvalue weighted by Gasteiger charge is -2.28.